The summed E-state index contributed by atoms with van der Waals surface area (Å²) in [6.45, 7) is 1.75. The van der Waals surface area contributed by atoms with E-state index in [4.69, 9.17) is 11.8 Å². The van der Waals surface area contributed by atoms with E-state index in [9.17, 15) is 4.79 Å². The molecule has 0 heterocycles. The minimum atomic E-state index is -0.385. The summed E-state index contributed by atoms with van der Waals surface area (Å²) in [6, 6.07) is 8.98. The lowest BCUT2D eigenvalue weighted by Crippen LogP contribution is -2.39. The van der Waals surface area contributed by atoms with Crippen LogP contribution in [0.4, 0.5) is 5.69 Å². The Kier molecular flexibility index (Phi) is 3.77. The third kappa shape index (κ3) is 2.39. The molecule has 1 N–H and O–H groups in total. The highest BCUT2D eigenvalue weighted by Gasteiger charge is 2.18. The van der Waals surface area contributed by atoms with E-state index in [0.717, 1.165) is 5.69 Å². The van der Waals surface area contributed by atoms with Gasteiger partial charge in [-0.2, -0.15) is 0 Å². The second-order valence-corrected chi connectivity index (χ2v) is 3.30. The summed E-state index contributed by atoms with van der Waals surface area (Å²) in [5, 5.41) is 2.55. The lowest BCUT2D eigenvalue weighted by atomic mass is 10.2. The van der Waals surface area contributed by atoms with Gasteiger partial charge in [-0.05, 0) is 19.1 Å². The second kappa shape index (κ2) is 4.86. The number of likely N-dealkylation sites (N-methyl/N-ethyl adjacent to an activating group) is 1. The number of amides is 1. The van der Waals surface area contributed by atoms with Crippen molar-refractivity contribution in [1.82, 2.24) is 5.32 Å². The first-order valence-corrected chi connectivity index (χ1v) is 4.72. The van der Waals surface area contributed by atoms with Crippen molar-refractivity contribution in [3.05, 3.63) is 30.3 Å². The fourth-order valence-corrected chi connectivity index (χ4v) is 1.31. The molecule has 0 bridgehead atoms. The van der Waals surface area contributed by atoms with Crippen LogP contribution in [0.2, 0.25) is 0 Å². The third-order valence-electron chi connectivity index (χ3n) is 1.97. The zero-order valence-corrected chi connectivity index (χ0v) is 8.95. The van der Waals surface area contributed by atoms with Gasteiger partial charge in [0.05, 0.1) is 5.69 Å². The minimum Gasteiger partial charge on any atom is -0.357 e. The average Bonchev–Trinajstić information content (AvgIpc) is 2.27. The Morgan fingerprint density at radius 3 is 2.50 bits per heavy atom. The van der Waals surface area contributed by atoms with Crippen molar-refractivity contribution in [2.24, 2.45) is 0 Å². The standard InChI is InChI=1S/C10H13ClN2O/c1-8(10(14)12-2)13(11)9-6-4-3-5-7-9/h3-8H,1-2H3,(H,12,14). The molecule has 0 aliphatic rings. The topological polar surface area (TPSA) is 32.3 Å². The fourth-order valence-electron chi connectivity index (χ4n) is 1.11. The van der Waals surface area contributed by atoms with E-state index >= 15 is 0 Å². The maximum Gasteiger partial charge on any atom is 0.243 e. The molecule has 0 aliphatic heterocycles. The van der Waals surface area contributed by atoms with E-state index in [1.807, 2.05) is 30.3 Å². The Morgan fingerprint density at radius 2 is 2.00 bits per heavy atom. The Labute approximate surface area is 88.8 Å². The lowest BCUT2D eigenvalue weighted by Gasteiger charge is -2.21. The molecule has 0 spiro atoms. The quantitative estimate of drug-likeness (QED) is 0.775. The first kappa shape index (κ1) is 10.9. The van der Waals surface area contributed by atoms with Gasteiger partial charge in [0.15, 0.2) is 0 Å². The zero-order valence-electron chi connectivity index (χ0n) is 8.20. The van der Waals surface area contributed by atoms with Crippen molar-refractivity contribution in [1.29, 1.82) is 0 Å². The molecule has 1 unspecified atom stereocenters. The summed E-state index contributed by atoms with van der Waals surface area (Å²) in [4.78, 5) is 11.3. The van der Waals surface area contributed by atoms with Crippen LogP contribution in [0, 0.1) is 0 Å². The van der Waals surface area contributed by atoms with Gasteiger partial charge < -0.3 is 5.32 Å². The summed E-state index contributed by atoms with van der Waals surface area (Å²) in [7, 11) is 1.59. The number of hydrogen-bond donors (Lipinski definition) is 1. The predicted octanol–water partition coefficient (Wildman–Crippen LogP) is 1.78. The fraction of sp³-hybridized carbons (Fsp3) is 0.300. The van der Waals surface area contributed by atoms with Crippen molar-refractivity contribution >= 4 is 23.4 Å². The van der Waals surface area contributed by atoms with Crippen LogP contribution in [0.1, 0.15) is 6.92 Å². The molecule has 4 heteroatoms. The number of anilines is 1. The molecule has 1 rings (SSSR count). The summed E-state index contributed by atoms with van der Waals surface area (Å²) in [6.07, 6.45) is 0. The number of hydrogen-bond acceptors (Lipinski definition) is 2. The van der Waals surface area contributed by atoms with Crippen molar-refractivity contribution in [3.8, 4) is 0 Å². The van der Waals surface area contributed by atoms with Gasteiger partial charge in [0.25, 0.3) is 0 Å². The van der Waals surface area contributed by atoms with E-state index in [1.165, 1.54) is 4.42 Å². The molecule has 0 saturated heterocycles. The predicted molar refractivity (Wildman–Crippen MR) is 58.3 cm³/mol. The number of para-hydroxylation sites is 1. The molecule has 0 saturated carbocycles. The molecule has 1 aromatic rings. The lowest BCUT2D eigenvalue weighted by molar-refractivity contribution is -0.121. The van der Waals surface area contributed by atoms with Crippen LogP contribution in [-0.2, 0) is 4.79 Å². The van der Waals surface area contributed by atoms with Gasteiger partial charge in [0, 0.05) is 18.8 Å². The molecular formula is C10H13ClN2O. The molecule has 1 amide bonds. The van der Waals surface area contributed by atoms with Gasteiger partial charge in [-0.3, -0.25) is 9.21 Å². The third-order valence-corrected chi connectivity index (χ3v) is 2.46. The highest BCUT2D eigenvalue weighted by Crippen LogP contribution is 2.18. The number of nitrogens with zero attached hydrogens (tertiary/aromatic N) is 1. The van der Waals surface area contributed by atoms with E-state index in [1.54, 1.807) is 14.0 Å². The smallest absolute Gasteiger partial charge is 0.243 e. The molecule has 3 nitrogen and oxygen atoms in total. The summed E-state index contributed by atoms with van der Waals surface area (Å²) < 4.78 is 1.42. The largest absolute Gasteiger partial charge is 0.357 e. The molecule has 1 aromatic carbocycles. The summed E-state index contributed by atoms with van der Waals surface area (Å²) in [5.41, 5.74) is 0.810. The minimum absolute atomic E-state index is 0.108. The number of carbonyl (C=O) groups is 1. The van der Waals surface area contributed by atoms with Crippen LogP contribution in [0.3, 0.4) is 0 Å². The highest BCUT2D eigenvalue weighted by molar-refractivity contribution is 6.27. The molecule has 0 aromatic heterocycles. The monoisotopic (exact) mass is 212 g/mol. The molecule has 0 fully saturated rings. The second-order valence-electron chi connectivity index (χ2n) is 2.94. The Morgan fingerprint density at radius 1 is 1.43 bits per heavy atom. The zero-order chi connectivity index (χ0) is 10.6. The Bertz CT molecular complexity index is 302. The molecular weight excluding hydrogens is 200 g/mol. The van der Waals surface area contributed by atoms with Gasteiger partial charge in [-0.25, -0.2) is 0 Å². The maximum atomic E-state index is 11.3. The number of benzene rings is 1. The highest BCUT2D eigenvalue weighted by atomic mass is 35.5. The van der Waals surface area contributed by atoms with Gasteiger partial charge >= 0.3 is 0 Å². The molecule has 1 atom stereocenters. The molecule has 0 aliphatic carbocycles. The summed E-state index contributed by atoms with van der Waals surface area (Å²) >= 11 is 6.00. The van der Waals surface area contributed by atoms with Crippen molar-refractivity contribution in [2.75, 3.05) is 11.5 Å². The van der Waals surface area contributed by atoms with Crippen LogP contribution in [0.15, 0.2) is 30.3 Å². The van der Waals surface area contributed by atoms with E-state index in [2.05, 4.69) is 5.32 Å². The van der Waals surface area contributed by atoms with Crippen molar-refractivity contribution in [3.63, 3.8) is 0 Å². The van der Waals surface area contributed by atoms with Crippen LogP contribution in [-0.4, -0.2) is 19.0 Å². The van der Waals surface area contributed by atoms with Crippen molar-refractivity contribution in [2.45, 2.75) is 13.0 Å². The Hall–Kier alpha value is -1.22. The molecule has 14 heavy (non-hydrogen) atoms. The van der Waals surface area contributed by atoms with Gasteiger partial charge in [-0.15, -0.1) is 0 Å². The Balaban J connectivity index is 2.75. The number of rotatable bonds is 3. The number of halogens is 1. The number of carbonyl (C=O) groups excluding carboxylic acids is 1. The normalized spacial score (nSPS) is 11.9. The van der Waals surface area contributed by atoms with E-state index < -0.39 is 0 Å². The number of nitrogens with one attached hydrogen (secondary N) is 1. The molecule has 76 valence electrons. The SMILES string of the molecule is CNC(=O)C(C)N(Cl)c1ccccc1. The summed E-state index contributed by atoms with van der Waals surface area (Å²) in [5.74, 6) is -0.108. The van der Waals surface area contributed by atoms with Gasteiger partial charge in [0.1, 0.15) is 6.04 Å². The molecule has 0 radical (unpaired) electrons. The first-order chi connectivity index (χ1) is 6.66. The maximum absolute atomic E-state index is 11.3. The van der Waals surface area contributed by atoms with E-state index in [-0.39, 0.29) is 11.9 Å². The van der Waals surface area contributed by atoms with Crippen LogP contribution >= 0.6 is 11.8 Å². The van der Waals surface area contributed by atoms with Gasteiger partial charge in [-0.1, -0.05) is 18.2 Å². The van der Waals surface area contributed by atoms with Crippen LogP contribution in [0.5, 0.6) is 0 Å². The van der Waals surface area contributed by atoms with Gasteiger partial charge in [0.2, 0.25) is 5.91 Å². The van der Waals surface area contributed by atoms with Crippen LogP contribution < -0.4 is 9.74 Å². The van der Waals surface area contributed by atoms with Crippen molar-refractivity contribution < 1.29 is 4.79 Å². The first-order valence-electron chi connectivity index (χ1n) is 4.38. The van der Waals surface area contributed by atoms with E-state index in [0.29, 0.717) is 0 Å². The van der Waals surface area contributed by atoms with Crippen LogP contribution in [0.25, 0.3) is 0 Å². The average molecular weight is 213 g/mol.